The van der Waals surface area contributed by atoms with Gasteiger partial charge in [0, 0.05) is 11.4 Å². The predicted octanol–water partition coefficient (Wildman–Crippen LogP) is 3.86. The molecule has 0 spiro atoms. The number of benzene rings is 1. The second kappa shape index (κ2) is 8.80. The minimum absolute atomic E-state index is 0.0930. The first-order valence-electron chi connectivity index (χ1n) is 8.72. The lowest BCUT2D eigenvalue weighted by molar-refractivity contribution is -0.132. The van der Waals surface area contributed by atoms with Gasteiger partial charge in [0.1, 0.15) is 11.0 Å². The molecule has 0 aliphatic rings. The molecule has 2 aromatic rings. The summed E-state index contributed by atoms with van der Waals surface area (Å²) in [6, 6.07) is 7.24. The number of nitrogens with one attached hydrogen (secondary N) is 2. The van der Waals surface area contributed by atoms with Crippen molar-refractivity contribution >= 4 is 39.9 Å². The SMILES string of the molecule is Cc1ccc(-c2nnc(NC(=O)[C@@H](NC(=O)C(C)(C)CCl)C(C)C)s2)cc1. The molecule has 2 rings (SSSR count). The molecule has 0 radical (unpaired) electrons. The van der Waals surface area contributed by atoms with E-state index in [-0.39, 0.29) is 23.6 Å². The molecule has 146 valence electrons. The molecule has 1 aromatic carbocycles. The summed E-state index contributed by atoms with van der Waals surface area (Å²) in [5.74, 6) is -0.509. The van der Waals surface area contributed by atoms with Crippen LogP contribution < -0.4 is 10.6 Å². The van der Waals surface area contributed by atoms with Gasteiger partial charge < -0.3 is 5.32 Å². The summed E-state index contributed by atoms with van der Waals surface area (Å²) in [6.45, 7) is 9.24. The molecule has 1 heterocycles. The summed E-state index contributed by atoms with van der Waals surface area (Å²) in [4.78, 5) is 25.1. The van der Waals surface area contributed by atoms with Crippen LogP contribution in [0.25, 0.3) is 10.6 Å². The highest BCUT2D eigenvalue weighted by atomic mass is 35.5. The Kier molecular flexibility index (Phi) is 6.95. The zero-order valence-corrected chi connectivity index (χ0v) is 17.7. The lowest BCUT2D eigenvalue weighted by Gasteiger charge is -2.26. The van der Waals surface area contributed by atoms with Crippen LogP contribution in [0.2, 0.25) is 0 Å². The molecule has 0 saturated heterocycles. The molecule has 27 heavy (non-hydrogen) atoms. The Morgan fingerprint density at radius 3 is 2.37 bits per heavy atom. The number of hydrogen-bond acceptors (Lipinski definition) is 5. The molecule has 0 saturated carbocycles. The van der Waals surface area contributed by atoms with E-state index in [1.165, 1.54) is 11.3 Å². The second-order valence-electron chi connectivity index (χ2n) is 7.48. The van der Waals surface area contributed by atoms with Crippen LogP contribution in [0, 0.1) is 18.3 Å². The molecule has 2 N–H and O–H groups in total. The van der Waals surface area contributed by atoms with E-state index in [1.54, 1.807) is 13.8 Å². The molecule has 0 bridgehead atoms. The number of aryl methyl sites for hydroxylation is 1. The highest BCUT2D eigenvalue weighted by Gasteiger charge is 2.32. The van der Waals surface area contributed by atoms with Crippen LogP contribution in [0.5, 0.6) is 0 Å². The number of rotatable bonds is 7. The van der Waals surface area contributed by atoms with Crippen LogP contribution in [0.1, 0.15) is 33.3 Å². The minimum Gasteiger partial charge on any atom is -0.344 e. The fourth-order valence-corrected chi connectivity index (χ4v) is 3.08. The van der Waals surface area contributed by atoms with Crippen LogP contribution in [0.4, 0.5) is 5.13 Å². The maximum absolute atomic E-state index is 12.7. The molecule has 2 amide bonds. The molecule has 1 aromatic heterocycles. The zero-order valence-electron chi connectivity index (χ0n) is 16.2. The predicted molar refractivity (Wildman–Crippen MR) is 110 cm³/mol. The van der Waals surface area contributed by atoms with Gasteiger partial charge in [-0.1, -0.05) is 55.0 Å². The van der Waals surface area contributed by atoms with Gasteiger partial charge in [0.05, 0.1) is 5.41 Å². The van der Waals surface area contributed by atoms with Crippen molar-refractivity contribution in [3.8, 4) is 10.6 Å². The van der Waals surface area contributed by atoms with Gasteiger partial charge in [0.15, 0.2) is 0 Å². The summed E-state index contributed by atoms with van der Waals surface area (Å²) >= 11 is 7.14. The van der Waals surface area contributed by atoms with Crippen molar-refractivity contribution in [1.29, 1.82) is 0 Å². The maximum Gasteiger partial charge on any atom is 0.249 e. The molecule has 1 atom stereocenters. The minimum atomic E-state index is -0.754. The Bertz CT molecular complexity index is 802. The number of hydrogen-bond donors (Lipinski definition) is 2. The van der Waals surface area contributed by atoms with E-state index < -0.39 is 11.5 Å². The van der Waals surface area contributed by atoms with Gasteiger partial charge in [-0.3, -0.25) is 14.9 Å². The third kappa shape index (κ3) is 5.49. The molecule has 0 aliphatic carbocycles. The lowest BCUT2D eigenvalue weighted by atomic mass is 9.93. The van der Waals surface area contributed by atoms with E-state index in [0.29, 0.717) is 5.13 Å². The van der Waals surface area contributed by atoms with Gasteiger partial charge in [0.25, 0.3) is 0 Å². The number of nitrogens with zero attached hydrogens (tertiary/aromatic N) is 2. The van der Waals surface area contributed by atoms with Crippen LogP contribution in [-0.2, 0) is 9.59 Å². The van der Waals surface area contributed by atoms with Gasteiger partial charge in [-0.15, -0.1) is 21.8 Å². The number of carbonyl (C=O) groups excluding carboxylic acids is 2. The van der Waals surface area contributed by atoms with Crippen molar-refractivity contribution in [3.63, 3.8) is 0 Å². The van der Waals surface area contributed by atoms with Crippen LogP contribution in [-0.4, -0.2) is 33.9 Å². The van der Waals surface area contributed by atoms with E-state index in [2.05, 4.69) is 20.8 Å². The number of anilines is 1. The van der Waals surface area contributed by atoms with Crippen LogP contribution in [0.15, 0.2) is 24.3 Å². The van der Waals surface area contributed by atoms with Gasteiger partial charge in [-0.25, -0.2) is 0 Å². The second-order valence-corrected chi connectivity index (χ2v) is 8.73. The first-order chi connectivity index (χ1) is 12.6. The number of aromatic nitrogens is 2. The van der Waals surface area contributed by atoms with E-state index in [0.717, 1.165) is 16.1 Å². The molecule has 0 fully saturated rings. The van der Waals surface area contributed by atoms with Gasteiger partial charge in [-0.05, 0) is 26.7 Å². The van der Waals surface area contributed by atoms with E-state index >= 15 is 0 Å². The Hall–Kier alpha value is -1.99. The summed E-state index contributed by atoms with van der Waals surface area (Å²) < 4.78 is 0. The number of halogens is 1. The molecule has 0 unspecified atom stereocenters. The van der Waals surface area contributed by atoms with E-state index in [9.17, 15) is 9.59 Å². The Morgan fingerprint density at radius 1 is 1.19 bits per heavy atom. The maximum atomic E-state index is 12.7. The monoisotopic (exact) mass is 408 g/mol. The van der Waals surface area contributed by atoms with Gasteiger partial charge >= 0.3 is 0 Å². The smallest absolute Gasteiger partial charge is 0.249 e. The van der Waals surface area contributed by atoms with Crippen molar-refractivity contribution in [1.82, 2.24) is 15.5 Å². The molecular formula is C19H25ClN4O2S. The van der Waals surface area contributed by atoms with Crippen molar-refractivity contribution in [3.05, 3.63) is 29.8 Å². The van der Waals surface area contributed by atoms with Crippen LogP contribution in [0.3, 0.4) is 0 Å². The van der Waals surface area contributed by atoms with Gasteiger partial charge in [-0.2, -0.15) is 0 Å². The standard InChI is InChI=1S/C19H25ClN4O2S/c1-11(2)14(21-17(26)19(4,5)10-20)15(25)22-18-24-23-16(27-18)13-8-6-12(3)7-9-13/h6-9,11,14H,10H2,1-5H3,(H,21,26)(H,22,24,25)/t14-/m0/s1. The van der Waals surface area contributed by atoms with Crippen molar-refractivity contribution in [2.45, 2.75) is 40.7 Å². The summed E-state index contributed by atoms with van der Waals surface area (Å²) in [5, 5.41) is 14.8. The third-order valence-corrected chi connectivity index (χ3v) is 5.69. The summed E-state index contributed by atoms with van der Waals surface area (Å²) in [6.07, 6.45) is 0. The highest BCUT2D eigenvalue weighted by Crippen LogP contribution is 2.27. The lowest BCUT2D eigenvalue weighted by Crippen LogP contribution is -2.51. The first-order valence-corrected chi connectivity index (χ1v) is 10.1. The average Bonchev–Trinajstić information content (AvgIpc) is 3.07. The van der Waals surface area contributed by atoms with Crippen molar-refractivity contribution in [2.75, 3.05) is 11.2 Å². The highest BCUT2D eigenvalue weighted by molar-refractivity contribution is 7.18. The van der Waals surface area contributed by atoms with Crippen molar-refractivity contribution in [2.24, 2.45) is 11.3 Å². The first kappa shape index (κ1) is 21.3. The van der Waals surface area contributed by atoms with E-state index in [4.69, 9.17) is 11.6 Å². The molecular weight excluding hydrogens is 384 g/mol. The van der Waals surface area contributed by atoms with Gasteiger partial charge in [0.2, 0.25) is 16.9 Å². The fourth-order valence-electron chi connectivity index (χ4n) is 2.20. The topological polar surface area (TPSA) is 84.0 Å². The molecule has 0 aliphatic heterocycles. The Morgan fingerprint density at radius 2 is 1.81 bits per heavy atom. The van der Waals surface area contributed by atoms with Crippen molar-refractivity contribution < 1.29 is 9.59 Å². The largest absolute Gasteiger partial charge is 0.344 e. The summed E-state index contributed by atoms with van der Waals surface area (Å²) in [7, 11) is 0. The number of amides is 2. The Labute approximate surface area is 168 Å². The zero-order chi connectivity index (χ0) is 20.2. The quantitative estimate of drug-likeness (QED) is 0.681. The van der Waals surface area contributed by atoms with Crippen LogP contribution >= 0.6 is 22.9 Å². The normalized spacial score (nSPS) is 12.7. The summed E-state index contributed by atoms with van der Waals surface area (Å²) in [5.41, 5.74) is 1.35. The number of carbonyl (C=O) groups is 2. The van der Waals surface area contributed by atoms with E-state index in [1.807, 2.05) is 45.0 Å². The average molecular weight is 409 g/mol. The fraction of sp³-hybridized carbons (Fsp3) is 0.474. The molecule has 8 heteroatoms. The number of alkyl halides is 1. The Balaban J connectivity index is 2.09. The third-order valence-electron chi connectivity index (χ3n) is 4.14. The molecule has 6 nitrogen and oxygen atoms in total.